The Balaban J connectivity index is 1.69. The fraction of sp³-hybridized carbons (Fsp3) is 0.467. The SMILES string of the molecule is Cc1c(Cl)cccc1N1CN(C(=O)CNC2CC2)CC1=O. The molecule has 0 aromatic heterocycles. The monoisotopic (exact) mass is 307 g/mol. The van der Waals surface area contributed by atoms with Crippen molar-refractivity contribution in [2.24, 2.45) is 0 Å². The van der Waals surface area contributed by atoms with Gasteiger partial charge in [0.1, 0.15) is 13.2 Å². The summed E-state index contributed by atoms with van der Waals surface area (Å²) in [7, 11) is 0. The van der Waals surface area contributed by atoms with Crippen molar-refractivity contribution in [2.75, 3.05) is 24.7 Å². The summed E-state index contributed by atoms with van der Waals surface area (Å²) >= 11 is 6.10. The van der Waals surface area contributed by atoms with Crippen LogP contribution < -0.4 is 10.2 Å². The lowest BCUT2D eigenvalue weighted by atomic mass is 10.2. The maximum Gasteiger partial charge on any atom is 0.248 e. The van der Waals surface area contributed by atoms with Crippen LogP contribution in [0.25, 0.3) is 0 Å². The van der Waals surface area contributed by atoms with Gasteiger partial charge in [-0.25, -0.2) is 0 Å². The van der Waals surface area contributed by atoms with Crippen LogP contribution in [0.2, 0.25) is 5.02 Å². The first kappa shape index (κ1) is 14.4. The molecule has 1 aromatic carbocycles. The van der Waals surface area contributed by atoms with Crippen molar-refractivity contribution < 1.29 is 9.59 Å². The van der Waals surface area contributed by atoms with Gasteiger partial charge in [-0.3, -0.25) is 14.5 Å². The quantitative estimate of drug-likeness (QED) is 0.918. The minimum atomic E-state index is -0.0693. The Bertz CT molecular complexity index is 586. The molecule has 0 radical (unpaired) electrons. The number of amides is 2. The van der Waals surface area contributed by atoms with Gasteiger partial charge in [-0.05, 0) is 37.5 Å². The van der Waals surface area contributed by atoms with E-state index in [4.69, 9.17) is 11.6 Å². The second kappa shape index (κ2) is 5.66. The van der Waals surface area contributed by atoms with Gasteiger partial charge in [0, 0.05) is 16.8 Å². The van der Waals surface area contributed by atoms with Crippen molar-refractivity contribution in [1.29, 1.82) is 0 Å². The van der Waals surface area contributed by atoms with Crippen LogP contribution >= 0.6 is 11.6 Å². The van der Waals surface area contributed by atoms with Crippen molar-refractivity contribution in [1.82, 2.24) is 10.2 Å². The van der Waals surface area contributed by atoms with E-state index in [0.717, 1.165) is 24.1 Å². The number of hydrogen-bond donors (Lipinski definition) is 1. The number of nitrogens with zero attached hydrogens (tertiary/aromatic N) is 2. The lowest BCUT2D eigenvalue weighted by molar-refractivity contribution is -0.130. The van der Waals surface area contributed by atoms with Crippen LogP contribution in [-0.2, 0) is 9.59 Å². The molecule has 1 N–H and O–H groups in total. The molecule has 1 aromatic rings. The van der Waals surface area contributed by atoms with Crippen LogP contribution in [0, 0.1) is 6.92 Å². The topological polar surface area (TPSA) is 52.6 Å². The van der Waals surface area contributed by atoms with E-state index in [1.165, 1.54) is 0 Å². The van der Waals surface area contributed by atoms with E-state index in [1.54, 1.807) is 15.9 Å². The molecule has 1 saturated heterocycles. The molecular weight excluding hydrogens is 290 g/mol. The molecule has 6 heteroatoms. The zero-order valence-electron chi connectivity index (χ0n) is 11.9. The average Bonchev–Trinajstić information content (AvgIpc) is 3.21. The molecule has 1 aliphatic heterocycles. The molecule has 5 nitrogen and oxygen atoms in total. The predicted octanol–water partition coefficient (Wildman–Crippen LogP) is 1.53. The molecule has 3 rings (SSSR count). The van der Waals surface area contributed by atoms with Crippen LogP contribution in [0.5, 0.6) is 0 Å². The van der Waals surface area contributed by atoms with Gasteiger partial charge in [0.25, 0.3) is 0 Å². The second-order valence-electron chi connectivity index (χ2n) is 5.59. The molecule has 1 saturated carbocycles. The summed E-state index contributed by atoms with van der Waals surface area (Å²) in [4.78, 5) is 27.5. The van der Waals surface area contributed by atoms with Crippen LogP contribution in [0.1, 0.15) is 18.4 Å². The minimum Gasteiger partial charge on any atom is -0.314 e. The number of halogens is 1. The second-order valence-corrected chi connectivity index (χ2v) is 6.00. The lowest BCUT2D eigenvalue weighted by Gasteiger charge is -2.20. The molecule has 0 unspecified atom stereocenters. The lowest BCUT2D eigenvalue weighted by Crippen LogP contribution is -2.38. The number of rotatable bonds is 4. The van der Waals surface area contributed by atoms with Crippen molar-refractivity contribution in [3.63, 3.8) is 0 Å². The minimum absolute atomic E-state index is 0.0302. The largest absolute Gasteiger partial charge is 0.314 e. The summed E-state index contributed by atoms with van der Waals surface area (Å²) in [5.74, 6) is -0.0995. The first-order valence-corrected chi connectivity index (χ1v) is 7.50. The Labute approximate surface area is 128 Å². The first-order valence-electron chi connectivity index (χ1n) is 7.13. The number of benzene rings is 1. The van der Waals surface area contributed by atoms with Gasteiger partial charge in [-0.15, -0.1) is 0 Å². The number of carbonyl (C=O) groups excluding carboxylic acids is 2. The van der Waals surface area contributed by atoms with Crippen molar-refractivity contribution in [3.05, 3.63) is 28.8 Å². The van der Waals surface area contributed by atoms with Gasteiger partial charge < -0.3 is 10.2 Å². The first-order chi connectivity index (χ1) is 10.1. The molecule has 112 valence electrons. The summed E-state index contributed by atoms with van der Waals surface area (Å²) in [6.07, 6.45) is 2.28. The van der Waals surface area contributed by atoms with Gasteiger partial charge in [0.2, 0.25) is 11.8 Å². The van der Waals surface area contributed by atoms with Crippen LogP contribution in [0.4, 0.5) is 5.69 Å². The van der Waals surface area contributed by atoms with Crippen LogP contribution in [0.3, 0.4) is 0 Å². The van der Waals surface area contributed by atoms with E-state index in [9.17, 15) is 9.59 Å². The molecule has 0 atom stereocenters. The van der Waals surface area contributed by atoms with E-state index < -0.39 is 0 Å². The zero-order valence-corrected chi connectivity index (χ0v) is 12.7. The summed E-state index contributed by atoms with van der Waals surface area (Å²) < 4.78 is 0. The molecule has 2 fully saturated rings. The predicted molar refractivity (Wildman–Crippen MR) is 81.3 cm³/mol. The number of carbonyl (C=O) groups is 2. The van der Waals surface area contributed by atoms with Crippen LogP contribution in [-0.4, -0.2) is 42.5 Å². The fourth-order valence-corrected chi connectivity index (χ4v) is 2.61. The van der Waals surface area contributed by atoms with Crippen molar-refractivity contribution in [3.8, 4) is 0 Å². The van der Waals surface area contributed by atoms with Gasteiger partial charge in [-0.1, -0.05) is 17.7 Å². The third kappa shape index (κ3) is 3.04. The van der Waals surface area contributed by atoms with Gasteiger partial charge in [-0.2, -0.15) is 0 Å². The van der Waals surface area contributed by atoms with E-state index in [1.807, 2.05) is 19.1 Å². The van der Waals surface area contributed by atoms with Gasteiger partial charge >= 0.3 is 0 Å². The third-order valence-electron chi connectivity index (χ3n) is 3.94. The van der Waals surface area contributed by atoms with E-state index in [2.05, 4.69) is 5.32 Å². The molecule has 1 heterocycles. The van der Waals surface area contributed by atoms with Gasteiger partial charge in [0.15, 0.2) is 0 Å². The summed E-state index contributed by atoms with van der Waals surface area (Å²) in [6.45, 7) is 2.62. The van der Waals surface area contributed by atoms with Crippen LogP contribution in [0.15, 0.2) is 18.2 Å². The number of anilines is 1. The third-order valence-corrected chi connectivity index (χ3v) is 4.35. The molecular formula is C15H18ClN3O2. The Kier molecular flexibility index (Phi) is 3.87. The maximum atomic E-state index is 12.2. The normalized spacial score (nSPS) is 18.5. The van der Waals surface area contributed by atoms with Crippen molar-refractivity contribution >= 4 is 29.1 Å². The highest BCUT2D eigenvalue weighted by Gasteiger charge is 2.33. The Morgan fingerprint density at radius 2 is 2.19 bits per heavy atom. The zero-order chi connectivity index (χ0) is 15.0. The standard InChI is InChI=1S/C15H18ClN3O2/c1-10-12(16)3-2-4-13(10)19-9-18(8-15(19)21)14(20)7-17-11-5-6-11/h2-4,11,17H,5-9H2,1H3. The summed E-state index contributed by atoms with van der Waals surface area (Å²) in [5, 5.41) is 3.81. The van der Waals surface area contributed by atoms with E-state index in [-0.39, 0.29) is 18.4 Å². The average molecular weight is 308 g/mol. The molecule has 1 aliphatic carbocycles. The molecule has 2 aliphatic rings. The Morgan fingerprint density at radius 1 is 1.43 bits per heavy atom. The summed E-state index contributed by atoms with van der Waals surface area (Å²) in [6, 6.07) is 5.95. The number of hydrogen-bond acceptors (Lipinski definition) is 3. The Morgan fingerprint density at radius 3 is 2.90 bits per heavy atom. The van der Waals surface area contributed by atoms with Gasteiger partial charge in [0.05, 0.1) is 6.54 Å². The smallest absolute Gasteiger partial charge is 0.248 e. The Hall–Kier alpha value is -1.59. The fourth-order valence-electron chi connectivity index (χ4n) is 2.45. The molecule has 0 spiro atoms. The highest BCUT2D eigenvalue weighted by molar-refractivity contribution is 6.31. The highest BCUT2D eigenvalue weighted by atomic mass is 35.5. The van der Waals surface area contributed by atoms with E-state index in [0.29, 0.717) is 24.3 Å². The van der Waals surface area contributed by atoms with E-state index >= 15 is 0 Å². The highest BCUT2D eigenvalue weighted by Crippen LogP contribution is 2.28. The maximum absolute atomic E-state index is 12.2. The summed E-state index contributed by atoms with van der Waals surface area (Å²) in [5.41, 5.74) is 1.64. The molecule has 2 amide bonds. The number of nitrogens with one attached hydrogen (secondary N) is 1. The van der Waals surface area contributed by atoms with Crippen molar-refractivity contribution in [2.45, 2.75) is 25.8 Å². The molecule has 0 bridgehead atoms. The molecule has 21 heavy (non-hydrogen) atoms.